The molecule has 3 rings (SSSR count). The Labute approximate surface area is 138 Å². The normalized spacial score (nSPS) is 18.1. The smallest absolute Gasteiger partial charge is 0.211 e. The van der Waals surface area contributed by atoms with Gasteiger partial charge >= 0.3 is 0 Å². The quantitative estimate of drug-likeness (QED) is 0.933. The summed E-state index contributed by atoms with van der Waals surface area (Å²) in [7, 11) is -3.06. The summed E-state index contributed by atoms with van der Waals surface area (Å²) in [5.74, 6) is 0.480. The molecule has 0 unspecified atom stereocenters. The molecular weight excluding hydrogens is 310 g/mol. The van der Waals surface area contributed by atoms with Gasteiger partial charge in [-0.1, -0.05) is 26.0 Å². The highest BCUT2D eigenvalue weighted by atomic mass is 32.2. The lowest BCUT2D eigenvalue weighted by Gasteiger charge is -2.33. The third-order valence-corrected chi connectivity index (χ3v) is 5.89. The Bertz CT molecular complexity index is 787. The van der Waals surface area contributed by atoms with E-state index in [2.05, 4.69) is 48.0 Å². The minimum absolute atomic E-state index is 0.480. The summed E-state index contributed by atoms with van der Waals surface area (Å²) in [6.45, 7) is 7.97. The number of H-pyrrole nitrogens is 1. The summed E-state index contributed by atoms with van der Waals surface area (Å²) in [6.07, 6.45) is 1.29. The van der Waals surface area contributed by atoms with Gasteiger partial charge < -0.3 is 4.98 Å². The average molecular weight is 335 g/mol. The van der Waals surface area contributed by atoms with Crippen molar-refractivity contribution < 1.29 is 8.42 Å². The van der Waals surface area contributed by atoms with Gasteiger partial charge in [0, 0.05) is 49.3 Å². The second-order valence-corrected chi connectivity index (χ2v) is 8.68. The van der Waals surface area contributed by atoms with Crippen molar-refractivity contribution in [2.45, 2.75) is 26.3 Å². The van der Waals surface area contributed by atoms with Gasteiger partial charge in [-0.3, -0.25) is 4.90 Å². The fourth-order valence-electron chi connectivity index (χ4n) is 3.15. The predicted octanol–water partition coefficient (Wildman–Crippen LogP) is 2.37. The molecule has 1 aliphatic rings. The number of rotatable bonds is 4. The molecule has 6 heteroatoms. The van der Waals surface area contributed by atoms with Crippen LogP contribution in [0.15, 0.2) is 24.3 Å². The molecule has 0 bridgehead atoms. The van der Waals surface area contributed by atoms with E-state index in [1.54, 1.807) is 4.31 Å². The van der Waals surface area contributed by atoms with Crippen LogP contribution in [0.1, 0.15) is 31.0 Å². The van der Waals surface area contributed by atoms with Gasteiger partial charge in [0.05, 0.1) is 6.26 Å². The van der Waals surface area contributed by atoms with Gasteiger partial charge in [-0.2, -0.15) is 4.31 Å². The third-order valence-electron chi connectivity index (χ3n) is 4.59. The molecule has 1 saturated heterocycles. The van der Waals surface area contributed by atoms with Crippen molar-refractivity contribution in [2.24, 2.45) is 0 Å². The zero-order valence-electron chi connectivity index (χ0n) is 14.0. The second kappa shape index (κ2) is 6.26. The molecule has 0 amide bonds. The lowest BCUT2D eigenvalue weighted by molar-refractivity contribution is 0.182. The summed E-state index contributed by atoms with van der Waals surface area (Å²) in [5, 5.41) is 1.28. The topological polar surface area (TPSA) is 56.4 Å². The van der Waals surface area contributed by atoms with Crippen LogP contribution in [0.2, 0.25) is 0 Å². The molecule has 23 heavy (non-hydrogen) atoms. The second-order valence-electron chi connectivity index (χ2n) is 6.70. The number of nitrogens with zero attached hydrogens (tertiary/aromatic N) is 2. The number of hydrogen-bond acceptors (Lipinski definition) is 3. The number of hydrogen-bond donors (Lipinski definition) is 1. The summed E-state index contributed by atoms with van der Waals surface area (Å²) < 4.78 is 24.8. The molecule has 0 spiro atoms. The maximum absolute atomic E-state index is 11.6. The maximum atomic E-state index is 11.6. The number of fused-ring (bicyclic) bond motifs is 1. The number of benzene rings is 1. The highest BCUT2D eigenvalue weighted by Gasteiger charge is 2.23. The number of piperazine rings is 1. The number of aromatic nitrogens is 1. The van der Waals surface area contributed by atoms with Crippen LogP contribution in [-0.2, 0) is 16.6 Å². The van der Waals surface area contributed by atoms with Crippen LogP contribution in [0, 0.1) is 0 Å². The first-order valence-corrected chi connectivity index (χ1v) is 9.97. The number of aromatic amines is 1. The minimum Gasteiger partial charge on any atom is -0.358 e. The fourth-order valence-corrected chi connectivity index (χ4v) is 3.98. The van der Waals surface area contributed by atoms with E-state index >= 15 is 0 Å². The molecule has 1 N–H and O–H groups in total. The lowest BCUT2D eigenvalue weighted by atomic mass is 10.1. The Hall–Kier alpha value is -1.37. The lowest BCUT2D eigenvalue weighted by Crippen LogP contribution is -2.47. The van der Waals surface area contributed by atoms with E-state index in [0.717, 1.165) is 19.6 Å². The van der Waals surface area contributed by atoms with E-state index in [-0.39, 0.29) is 0 Å². The SMILES string of the molecule is CC(C)c1cc2c(CN3CCN(S(C)(=O)=O)CC3)cccc2[nH]1. The molecule has 0 radical (unpaired) electrons. The standard InChI is InChI=1S/C17H25N3O2S/c1-13(2)17-11-15-14(5-4-6-16(15)18-17)12-19-7-9-20(10-8-19)23(3,21)22/h4-6,11,13,18H,7-10,12H2,1-3H3. The zero-order valence-corrected chi connectivity index (χ0v) is 14.9. The Morgan fingerprint density at radius 3 is 2.48 bits per heavy atom. The van der Waals surface area contributed by atoms with Crippen LogP contribution < -0.4 is 0 Å². The van der Waals surface area contributed by atoms with Crippen molar-refractivity contribution in [1.29, 1.82) is 0 Å². The summed E-state index contributed by atoms with van der Waals surface area (Å²) in [5.41, 5.74) is 3.74. The van der Waals surface area contributed by atoms with Crippen molar-refractivity contribution in [1.82, 2.24) is 14.2 Å². The monoisotopic (exact) mass is 335 g/mol. The van der Waals surface area contributed by atoms with Gasteiger partial charge in [-0.15, -0.1) is 0 Å². The molecule has 1 aromatic heterocycles. The molecule has 2 aromatic rings. The van der Waals surface area contributed by atoms with Crippen LogP contribution in [0.4, 0.5) is 0 Å². The summed E-state index contributed by atoms with van der Waals surface area (Å²) in [6, 6.07) is 8.63. The van der Waals surface area contributed by atoms with Crippen molar-refractivity contribution in [3.63, 3.8) is 0 Å². The summed E-state index contributed by atoms with van der Waals surface area (Å²) >= 11 is 0. The first-order valence-electron chi connectivity index (χ1n) is 8.12. The van der Waals surface area contributed by atoms with Crippen LogP contribution in [-0.4, -0.2) is 55.0 Å². The van der Waals surface area contributed by atoms with Crippen molar-refractivity contribution in [3.8, 4) is 0 Å². The van der Waals surface area contributed by atoms with Gasteiger partial charge in [0.25, 0.3) is 0 Å². The van der Waals surface area contributed by atoms with E-state index < -0.39 is 10.0 Å². The van der Waals surface area contributed by atoms with Gasteiger partial charge in [0.2, 0.25) is 10.0 Å². The molecule has 0 atom stereocenters. The van der Waals surface area contributed by atoms with Gasteiger partial charge in [0.15, 0.2) is 0 Å². The van der Waals surface area contributed by atoms with E-state index in [4.69, 9.17) is 0 Å². The Kier molecular flexibility index (Phi) is 4.49. The van der Waals surface area contributed by atoms with Gasteiger partial charge in [-0.05, 0) is 23.6 Å². The molecule has 0 saturated carbocycles. The van der Waals surface area contributed by atoms with Crippen LogP contribution in [0.3, 0.4) is 0 Å². The van der Waals surface area contributed by atoms with Gasteiger partial charge in [-0.25, -0.2) is 8.42 Å². The Balaban J connectivity index is 1.75. The van der Waals surface area contributed by atoms with E-state index in [0.29, 0.717) is 19.0 Å². The molecule has 1 aromatic carbocycles. The average Bonchev–Trinajstić information content (AvgIpc) is 2.92. The molecule has 5 nitrogen and oxygen atoms in total. The molecule has 0 aliphatic carbocycles. The van der Waals surface area contributed by atoms with E-state index in [1.807, 2.05) is 0 Å². The van der Waals surface area contributed by atoms with Gasteiger partial charge in [0.1, 0.15) is 0 Å². The maximum Gasteiger partial charge on any atom is 0.211 e. The minimum atomic E-state index is -3.06. The highest BCUT2D eigenvalue weighted by Crippen LogP contribution is 2.25. The number of nitrogens with one attached hydrogen (secondary N) is 1. The Morgan fingerprint density at radius 2 is 1.87 bits per heavy atom. The predicted molar refractivity (Wildman–Crippen MR) is 94.1 cm³/mol. The zero-order chi connectivity index (χ0) is 16.6. The van der Waals surface area contributed by atoms with Crippen LogP contribution in [0.5, 0.6) is 0 Å². The summed E-state index contributed by atoms with van der Waals surface area (Å²) in [4.78, 5) is 5.83. The van der Waals surface area contributed by atoms with E-state index in [1.165, 1.54) is 28.4 Å². The van der Waals surface area contributed by atoms with E-state index in [9.17, 15) is 8.42 Å². The van der Waals surface area contributed by atoms with Crippen LogP contribution in [0.25, 0.3) is 10.9 Å². The first kappa shape index (κ1) is 16.5. The number of sulfonamides is 1. The first-order chi connectivity index (χ1) is 10.8. The molecule has 1 aliphatic heterocycles. The van der Waals surface area contributed by atoms with Crippen LogP contribution >= 0.6 is 0 Å². The molecular formula is C17H25N3O2S. The van der Waals surface area contributed by atoms with Crippen molar-refractivity contribution in [2.75, 3.05) is 32.4 Å². The molecule has 2 heterocycles. The largest absolute Gasteiger partial charge is 0.358 e. The molecule has 1 fully saturated rings. The third kappa shape index (κ3) is 3.59. The highest BCUT2D eigenvalue weighted by molar-refractivity contribution is 7.88. The van der Waals surface area contributed by atoms with Crippen molar-refractivity contribution >= 4 is 20.9 Å². The van der Waals surface area contributed by atoms with Crippen molar-refractivity contribution in [3.05, 3.63) is 35.5 Å². The fraction of sp³-hybridized carbons (Fsp3) is 0.529. The molecule has 126 valence electrons. The Morgan fingerprint density at radius 1 is 1.17 bits per heavy atom.